The fourth-order valence-corrected chi connectivity index (χ4v) is 1.87. The average Bonchev–Trinajstić information content (AvgIpc) is 2.23. The lowest BCUT2D eigenvalue weighted by atomic mass is 10.2. The first kappa shape index (κ1) is 10.2. The second-order valence-electron chi connectivity index (χ2n) is 4.22. The van der Waals surface area contributed by atoms with Crippen molar-refractivity contribution in [3.63, 3.8) is 0 Å². The molecular weight excluding hydrogens is 188 g/mol. The molecule has 2 heterocycles. The first-order valence-corrected chi connectivity index (χ1v) is 5.33. The molecule has 15 heavy (non-hydrogen) atoms. The summed E-state index contributed by atoms with van der Waals surface area (Å²) in [6, 6.07) is 4.50. The van der Waals surface area contributed by atoms with Crippen LogP contribution in [0.15, 0.2) is 18.3 Å². The van der Waals surface area contributed by atoms with Crippen LogP contribution in [0.3, 0.4) is 0 Å². The number of nitrogens with zero attached hydrogens (tertiary/aromatic N) is 3. The Morgan fingerprint density at radius 1 is 1.40 bits per heavy atom. The summed E-state index contributed by atoms with van der Waals surface area (Å²) in [6.45, 7) is 5.47. The fourth-order valence-electron chi connectivity index (χ4n) is 1.87. The van der Waals surface area contributed by atoms with Crippen LogP contribution < -0.4 is 10.6 Å². The molecule has 1 aromatic rings. The van der Waals surface area contributed by atoms with E-state index in [2.05, 4.69) is 28.8 Å². The highest BCUT2D eigenvalue weighted by atomic mass is 15.3. The van der Waals surface area contributed by atoms with E-state index in [9.17, 15) is 0 Å². The summed E-state index contributed by atoms with van der Waals surface area (Å²) in [5.74, 6) is 0.584. The Bertz CT molecular complexity index is 322. The number of pyridine rings is 1. The third kappa shape index (κ3) is 2.21. The van der Waals surface area contributed by atoms with E-state index < -0.39 is 0 Å². The fraction of sp³-hybridized carbons (Fsp3) is 0.545. The van der Waals surface area contributed by atoms with Gasteiger partial charge in [-0.2, -0.15) is 0 Å². The summed E-state index contributed by atoms with van der Waals surface area (Å²) in [6.07, 6.45) is 1.85. The van der Waals surface area contributed by atoms with Crippen LogP contribution in [-0.4, -0.2) is 42.6 Å². The van der Waals surface area contributed by atoms with E-state index in [0.717, 1.165) is 19.6 Å². The molecule has 0 aromatic carbocycles. The van der Waals surface area contributed by atoms with Crippen molar-refractivity contribution >= 4 is 11.5 Å². The molecule has 1 fully saturated rings. The zero-order chi connectivity index (χ0) is 10.8. The number of hydrogen-bond donors (Lipinski definition) is 1. The molecule has 4 nitrogen and oxygen atoms in total. The Morgan fingerprint density at radius 2 is 2.20 bits per heavy atom. The predicted molar refractivity (Wildman–Crippen MR) is 63.0 cm³/mol. The van der Waals surface area contributed by atoms with E-state index in [1.165, 1.54) is 5.69 Å². The van der Waals surface area contributed by atoms with Crippen molar-refractivity contribution < 1.29 is 0 Å². The number of piperazine rings is 1. The van der Waals surface area contributed by atoms with E-state index in [4.69, 9.17) is 5.73 Å². The van der Waals surface area contributed by atoms with Crippen LogP contribution in [0.25, 0.3) is 0 Å². The van der Waals surface area contributed by atoms with Crippen LogP contribution in [0.5, 0.6) is 0 Å². The largest absolute Gasteiger partial charge is 0.384 e. The topological polar surface area (TPSA) is 45.4 Å². The van der Waals surface area contributed by atoms with Crippen LogP contribution in [0.4, 0.5) is 11.5 Å². The molecule has 0 radical (unpaired) electrons. The lowest BCUT2D eigenvalue weighted by Gasteiger charge is -2.38. The smallest absolute Gasteiger partial charge is 0.123 e. The van der Waals surface area contributed by atoms with E-state index in [-0.39, 0.29) is 0 Å². The third-order valence-electron chi connectivity index (χ3n) is 3.10. The van der Waals surface area contributed by atoms with Crippen molar-refractivity contribution in [1.82, 2.24) is 9.88 Å². The van der Waals surface area contributed by atoms with E-state index >= 15 is 0 Å². The highest BCUT2D eigenvalue weighted by Gasteiger charge is 2.20. The molecule has 2 N–H and O–H groups in total. The number of anilines is 2. The Labute approximate surface area is 90.7 Å². The maximum absolute atomic E-state index is 5.57. The second-order valence-corrected chi connectivity index (χ2v) is 4.22. The average molecular weight is 206 g/mol. The number of rotatable bonds is 1. The van der Waals surface area contributed by atoms with Gasteiger partial charge in [-0.15, -0.1) is 0 Å². The molecule has 0 amide bonds. The van der Waals surface area contributed by atoms with Gasteiger partial charge in [-0.3, -0.25) is 0 Å². The van der Waals surface area contributed by atoms with E-state index in [1.54, 1.807) is 0 Å². The van der Waals surface area contributed by atoms with Gasteiger partial charge in [-0.05, 0) is 26.1 Å². The first-order chi connectivity index (χ1) is 7.16. The van der Waals surface area contributed by atoms with Gasteiger partial charge in [0.15, 0.2) is 0 Å². The highest BCUT2D eigenvalue weighted by Crippen LogP contribution is 2.17. The molecule has 2 rings (SSSR count). The normalized spacial score (nSPS) is 23.1. The second kappa shape index (κ2) is 4.06. The summed E-state index contributed by atoms with van der Waals surface area (Å²) in [5, 5.41) is 0. The first-order valence-electron chi connectivity index (χ1n) is 5.33. The lowest BCUT2D eigenvalue weighted by molar-refractivity contribution is 0.234. The minimum atomic E-state index is 0.584. The maximum Gasteiger partial charge on any atom is 0.123 e. The molecule has 1 aliphatic heterocycles. The maximum atomic E-state index is 5.57. The van der Waals surface area contributed by atoms with Gasteiger partial charge < -0.3 is 15.5 Å². The number of aromatic nitrogens is 1. The van der Waals surface area contributed by atoms with Gasteiger partial charge in [0.2, 0.25) is 0 Å². The molecule has 0 spiro atoms. The summed E-state index contributed by atoms with van der Waals surface area (Å²) >= 11 is 0. The van der Waals surface area contributed by atoms with Crippen molar-refractivity contribution in [1.29, 1.82) is 0 Å². The Hall–Kier alpha value is -1.29. The molecule has 4 heteroatoms. The van der Waals surface area contributed by atoms with E-state index in [0.29, 0.717) is 11.9 Å². The molecule has 0 bridgehead atoms. The van der Waals surface area contributed by atoms with Crippen molar-refractivity contribution in [2.45, 2.75) is 13.0 Å². The van der Waals surface area contributed by atoms with Gasteiger partial charge in [-0.1, -0.05) is 0 Å². The molecule has 1 saturated heterocycles. The monoisotopic (exact) mass is 206 g/mol. The van der Waals surface area contributed by atoms with Crippen molar-refractivity contribution in [3.05, 3.63) is 18.3 Å². The molecule has 0 aliphatic carbocycles. The highest BCUT2D eigenvalue weighted by molar-refractivity contribution is 5.48. The van der Waals surface area contributed by atoms with Crippen LogP contribution >= 0.6 is 0 Å². The molecule has 1 aromatic heterocycles. The zero-order valence-corrected chi connectivity index (χ0v) is 9.35. The summed E-state index contributed by atoms with van der Waals surface area (Å²) < 4.78 is 0. The number of nitrogen functional groups attached to an aromatic ring is 1. The summed E-state index contributed by atoms with van der Waals surface area (Å²) in [4.78, 5) is 8.86. The van der Waals surface area contributed by atoms with Gasteiger partial charge >= 0.3 is 0 Å². The third-order valence-corrected chi connectivity index (χ3v) is 3.10. The Morgan fingerprint density at radius 3 is 2.80 bits per heavy atom. The molecular formula is C11H18N4. The van der Waals surface area contributed by atoms with Crippen LogP contribution in [0.1, 0.15) is 6.92 Å². The molecule has 1 unspecified atom stereocenters. The van der Waals surface area contributed by atoms with Crippen molar-refractivity contribution in [2.24, 2.45) is 0 Å². The molecule has 1 atom stereocenters. The minimum absolute atomic E-state index is 0.584. The van der Waals surface area contributed by atoms with Crippen LogP contribution in [0.2, 0.25) is 0 Å². The van der Waals surface area contributed by atoms with Gasteiger partial charge in [0.25, 0.3) is 0 Å². The molecule has 0 saturated carbocycles. The number of nitrogens with two attached hydrogens (primary N) is 1. The van der Waals surface area contributed by atoms with Gasteiger partial charge in [0, 0.05) is 25.7 Å². The quantitative estimate of drug-likeness (QED) is 0.738. The summed E-state index contributed by atoms with van der Waals surface area (Å²) in [7, 11) is 2.17. The van der Waals surface area contributed by atoms with Crippen LogP contribution in [-0.2, 0) is 0 Å². The Balaban J connectivity index is 2.08. The Kier molecular flexibility index (Phi) is 2.77. The summed E-state index contributed by atoms with van der Waals surface area (Å²) in [5.41, 5.74) is 6.74. The van der Waals surface area contributed by atoms with Crippen molar-refractivity contribution in [3.8, 4) is 0 Å². The minimum Gasteiger partial charge on any atom is -0.384 e. The zero-order valence-electron chi connectivity index (χ0n) is 9.35. The van der Waals surface area contributed by atoms with Crippen molar-refractivity contribution in [2.75, 3.05) is 37.3 Å². The van der Waals surface area contributed by atoms with Gasteiger partial charge in [0.1, 0.15) is 5.82 Å². The molecule has 1 aliphatic rings. The standard InChI is InChI=1S/C11H18N4/c1-9-8-15(6-5-14(9)2)10-3-4-11(12)13-7-10/h3-4,7,9H,5-6,8H2,1-2H3,(H2,12,13). The van der Waals surface area contributed by atoms with Crippen LogP contribution in [0, 0.1) is 0 Å². The lowest BCUT2D eigenvalue weighted by Crippen LogP contribution is -2.50. The number of likely N-dealkylation sites (N-methyl/N-ethyl adjacent to an activating group) is 1. The van der Waals surface area contributed by atoms with Gasteiger partial charge in [-0.25, -0.2) is 4.98 Å². The van der Waals surface area contributed by atoms with Gasteiger partial charge in [0.05, 0.1) is 11.9 Å². The van der Waals surface area contributed by atoms with E-state index in [1.807, 2.05) is 18.3 Å². The predicted octanol–water partition coefficient (Wildman–Crippen LogP) is 0.804. The SMILES string of the molecule is CC1CN(c2ccc(N)nc2)CCN1C. The number of hydrogen-bond acceptors (Lipinski definition) is 4. The molecule has 82 valence electrons.